The van der Waals surface area contributed by atoms with E-state index in [1.807, 2.05) is 6.07 Å². The largest absolute Gasteiger partial charge is 0.308 e. The van der Waals surface area contributed by atoms with E-state index in [-0.39, 0.29) is 0 Å². The SMILES string of the molecule is Clc1ccc(C2NCC23CCCC3)s1. The average molecular weight is 228 g/mol. The van der Waals surface area contributed by atoms with Gasteiger partial charge in [-0.15, -0.1) is 11.3 Å². The Kier molecular flexibility index (Phi) is 2.12. The Morgan fingerprint density at radius 1 is 1.36 bits per heavy atom. The molecule has 76 valence electrons. The van der Waals surface area contributed by atoms with Crippen molar-refractivity contribution in [2.45, 2.75) is 31.7 Å². The summed E-state index contributed by atoms with van der Waals surface area (Å²) in [5, 5.41) is 3.56. The first kappa shape index (κ1) is 9.20. The van der Waals surface area contributed by atoms with E-state index in [0.717, 1.165) is 4.34 Å². The maximum absolute atomic E-state index is 5.97. The third-order valence-corrected chi connectivity index (χ3v) is 5.04. The molecule has 0 radical (unpaired) electrons. The Morgan fingerprint density at radius 3 is 2.64 bits per heavy atom. The Hall–Kier alpha value is -0.0500. The minimum atomic E-state index is 0.591. The molecule has 1 saturated carbocycles. The molecule has 1 N–H and O–H groups in total. The van der Waals surface area contributed by atoms with Gasteiger partial charge in [-0.2, -0.15) is 0 Å². The molecular formula is C11H14ClNS. The van der Waals surface area contributed by atoms with Crippen molar-refractivity contribution in [1.82, 2.24) is 5.32 Å². The number of hydrogen-bond donors (Lipinski definition) is 1. The maximum atomic E-state index is 5.97. The molecule has 0 bridgehead atoms. The van der Waals surface area contributed by atoms with Gasteiger partial charge in [-0.25, -0.2) is 0 Å². The topological polar surface area (TPSA) is 12.0 Å². The Labute approximate surface area is 93.5 Å². The van der Waals surface area contributed by atoms with Crippen LogP contribution < -0.4 is 5.32 Å². The molecule has 1 saturated heterocycles. The maximum Gasteiger partial charge on any atom is 0.0931 e. The predicted molar refractivity (Wildman–Crippen MR) is 61.0 cm³/mol. The molecule has 1 aromatic heterocycles. The van der Waals surface area contributed by atoms with Crippen molar-refractivity contribution < 1.29 is 0 Å². The van der Waals surface area contributed by atoms with Gasteiger partial charge in [0.2, 0.25) is 0 Å². The van der Waals surface area contributed by atoms with Crippen molar-refractivity contribution in [3.05, 3.63) is 21.3 Å². The van der Waals surface area contributed by atoms with Crippen molar-refractivity contribution in [2.24, 2.45) is 5.41 Å². The molecular weight excluding hydrogens is 214 g/mol. The fraction of sp³-hybridized carbons (Fsp3) is 0.636. The molecule has 1 aromatic rings. The summed E-state index contributed by atoms with van der Waals surface area (Å²) in [5.41, 5.74) is 0.591. The van der Waals surface area contributed by atoms with Gasteiger partial charge in [0.15, 0.2) is 0 Å². The number of hydrogen-bond acceptors (Lipinski definition) is 2. The highest BCUT2D eigenvalue weighted by atomic mass is 35.5. The van der Waals surface area contributed by atoms with Crippen LogP contribution in [0.2, 0.25) is 4.34 Å². The van der Waals surface area contributed by atoms with E-state index >= 15 is 0 Å². The van der Waals surface area contributed by atoms with Crippen molar-refractivity contribution >= 4 is 22.9 Å². The highest BCUT2D eigenvalue weighted by Gasteiger charge is 2.49. The molecule has 0 amide bonds. The second-order valence-electron chi connectivity index (χ2n) is 4.53. The van der Waals surface area contributed by atoms with Crippen LogP contribution >= 0.6 is 22.9 Å². The van der Waals surface area contributed by atoms with Gasteiger partial charge in [-0.3, -0.25) is 0 Å². The third-order valence-electron chi connectivity index (χ3n) is 3.75. The van der Waals surface area contributed by atoms with Crippen molar-refractivity contribution in [3.8, 4) is 0 Å². The van der Waals surface area contributed by atoms with E-state index < -0.39 is 0 Å². The molecule has 1 atom stereocenters. The molecule has 3 heteroatoms. The summed E-state index contributed by atoms with van der Waals surface area (Å²) >= 11 is 7.71. The Balaban J connectivity index is 1.86. The molecule has 1 spiro atoms. The second kappa shape index (κ2) is 3.22. The number of rotatable bonds is 1. The quantitative estimate of drug-likeness (QED) is 0.773. The first-order valence-corrected chi connectivity index (χ1v) is 6.48. The van der Waals surface area contributed by atoms with Gasteiger partial charge >= 0.3 is 0 Å². The standard InChI is InChI=1S/C11H14ClNS/c12-9-4-3-8(14-9)10-11(7-13-10)5-1-2-6-11/h3-4,10,13H,1-2,5-7H2. The van der Waals surface area contributed by atoms with Crippen molar-refractivity contribution in [3.63, 3.8) is 0 Å². The van der Waals surface area contributed by atoms with Crippen LogP contribution in [0.5, 0.6) is 0 Å². The smallest absolute Gasteiger partial charge is 0.0931 e. The lowest BCUT2D eigenvalue weighted by Crippen LogP contribution is -2.54. The van der Waals surface area contributed by atoms with Gasteiger partial charge < -0.3 is 5.32 Å². The normalized spacial score (nSPS) is 29.4. The number of nitrogens with one attached hydrogen (secondary N) is 1. The fourth-order valence-corrected chi connectivity index (χ4v) is 4.20. The zero-order chi connectivity index (χ0) is 9.60. The third kappa shape index (κ3) is 1.24. The van der Waals surface area contributed by atoms with Crippen LogP contribution in [0.15, 0.2) is 12.1 Å². The summed E-state index contributed by atoms with van der Waals surface area (Å²) < 4.78 is 0.918. The highest BCUT2D eigenvalue weighted by Crippen LogP contribution is 2.53. The van der Waals surface area contributed by atoms with Crippen molar-refractivity contribution in [1.29, 1.82) is 0 Å². The van der Waals surface area contributed by atoms with Crippen LogP contribution in [-0.4, -0.2) is 6.54 Å². The zero-order valence-corrected chi connectivity index (χ0v) is 9.63. The summed E-state index contributed by atoms with van der Waals surface area (Å²) in [6.45, 7) is 1.22. The van der Waals surface area contributed by atoms with Gasteiger partial charge in [0.1, 0.15) is 0 Å². The first-order valence-electron chi connectivity index (χ1n) is 5.29. The van der Waals surface area contributed by atoms with E-state index in [0.29, 0.717) is 11.5 Å². The summed E-state index contributed by atoms with van der Waals surface area (Å²) in [6.07, 6.45) is 5.63. The Bertz CT molecular complexity index is 341. The van der Waals surface area contributed by atoms with Crippen LogP contribution in [0.25, 0.3) is 0 Å². The molecule has 1 unspecified atom stereocenters. The summed E-state index contributed by atoms with van der Waals surface area (Å²) in [7, 11) is 0. The summed E-state index contributed by atoms with van der Waals surface area (Å²) in [5.74, 6) is 0. The Morgan fingerprint density at radius 2 is 2.14 bits per heavy atom. The van der Waals surface area contributed by atoms with E-state index in [1.165, 1.54) is 37.1 Å². The van der Waals surface area contributed by atoms with E-state index in [9.17, 15) is 0 Å². The van der Waals surface area contributed by atoms with E-state index in [4.69, 9.17) is 11.6 Å². The van der Waals surface area contributed by atoms with Crippen LogP contribution in [-0.2, 0) is 0 Å². The molecule has 2 heterocycles. The van der Waals surface area contributed by atoms with Gasteiger partial charge in [0, 0.05) is 22.9 Å². The van der Waals surface area contributed by atoms with E-state index in [2.05, 4.69) is 11.4 Å². The highest BCUT2D eigenvalue weighted by molar-refractivity contribution is 7.16. The lowest BCUT2D eigenvalue weighted by atomic mass is 9.71. The average Bonchev–Trinajstić information content (AvgIpc) is 2.73. The molecule has 0 aromatic carbocycles. The second-order valence-corrected chi connectivity index (χ2v) is 6.27. The first-order chi connectivity index (χ1) is 6.80. The minimum Gasteiger partial charge on any atom is -0.308 e. The van der Waals surface area contributed by atoms with Gasteiger partial charge in [0.25, 0.3) is 0 Å². The fourth-order valence-electron chi connectivity index (χ4n) is 2.92. The van der Waals surface area contributed by atoms with Crippen LogP contribution in [0, 0.1) is 5.41 Å². The zero-order valence-electron chi connectivity index (χ0n) is 8.05. The number of halogens is 1. The summed E-state index contributed by atoms with van der Waals surface area (Å²) in [4.78, 5) is 1.43. The van der Waals surface area contributed by atoms with E-state index in [1.54, 1.807) is 11.3 Å². The van der Waals surface area contributed by atoms with Crippen LogP contribution in [0.4, 0.5) is 0 Å². The summed E-state index contributed by atoms with van der Waals surface area (Å²) in [6, 6.07) is 4.80. The van der Waals surface area contributed by atoms with Crippen LogP contribution in [0.1, 0.15) is 36.6 Å². The molecule has 2 fully saturated rings. The minimum absolute atomic E-state index is 0.591. The lowest BCUT2D eigenvalue weighted by Gasteiger charge is -2.48. The van der Waals surface area contributed by atoms with Gasteiger partial charge in [-0.1, -0.05) is 24.4 Å². The lowest BCUT2D eigenvalue weighted by molar-refractivity contribution is 0.0920. The van der Waals surface area contributed by atoms with Crippen molar-refractivity contribution in [2.75, 3.05) is 6.54 Å². The predicted octanol–water partition coefficient (Wildman–Crippen LogP) is 3.61. The monoisotopic (exact) mass is 227 g/mol. The molecule has 3 rings (SSSR count). The molecule has 1 aliphatic heterocycles. The van der Waals surface area contributed by atoms with Gasteiger partial charge in [-0.05, 0) is 25.0 Å². The molecule has 1 aliphatic carbocycles. The van der Waals surface area contributed by atoms with Gasteiger partial charge in [0.05, 0.1) is 4.34 Å². The number of thiophene rings is 1. The molecule has 2 aliphatic rings. The van der Waals surface area contributed by atoms with Crippen LogP contribution in [0.3, 0.4) is 0 Å². The molecule has 14 heavy (non-hydrogen) atoms. The molecule has 1 nitrogen and oxygen atoms in total.